The number of hydrogen-bond donors (Lipinski definition) is 1. The number of nitrogens with one attached hydrogen (secondary N) is 1. The van der Waals surface area contributed by atoms with Gasteiger partial charge >= 0.3 is 0 Å². The Morgan fingerprint density at radius 3 is 3.11 bits per heavy atom. The highest BCUT2D eigenvalue weighted by Crippen LogP contribution is 2.32. The van der Waals surface area contributed by atoms with Crippen LogP contribution in [0.3, 0.4) is 0 Å². The molecule has 5 heteroatoms. The molecule has 1 N–H and O–H groups in total. The fourth-order valence-corrected chi connectivity index (χ4v) is 3.05. The Morgan fingerprint density at radius 1 is 1.50 bits per heavy atom. The number of thiophene rings is 1. The molecule has 18 heavy (non-hydrogen) atoms. The van der Waals surface area contributed by atoms with Gasteiger partial charge in [0.15, 0.2) is 5.82 Å². The fraction of sp³-hybridized carbons (Fsp3) is 0.538. The van der Waals surface area contributed by atoms with Crippen molar-refractivity contribution in [1.29, 1.82) is 0 Å². The van der Waals surface area contributed by atoms with Crippen molar-refractivity contribution in [3.8, 4) is 10.7 Å². The van der Waals surface area contributed by atoms with Crippen LogP contribution in [0.15, 0.2) is 17.5 Å². The van der Waals surface area contributed by atoms with Gasteiger partial charge in [-0.3, -0.25) is 5.10 Å². The average Bonchev–Trinajstić information content (AvgIpc) is 2.96. The van der Waals surface area contributed by atoms with E-state index in [1.165, 1.54) is 0 Å². The molecule has 1 aliphatic carbocycles. The summed E-state index contributed by atoms with van der Waals surface area (Å²) in [6.45, 7) is 2.87. The lowest BCUT2D eigenvalue weighted by Gasteiger charge is -2.34. The van der Waals surface area contributed by atoms with Crippen LogP contribution in [0.1, 0.15) is 25.6 Å². The van der Waals surface area contributed by atoms with Crippen molar-refractivity contribution < 1.29 is 4.74 Å². The molecule has 0 saturated heterocycles. The Hall–Kier alpha value is -1.20. The molecule has 1 aliphatic rings. The van der Waals surface area contributed by atoms with Gasteiger partial charge in [0.25, 0.3) is 0 Å². The lowest BCUT2D eigenvalue weighted by molar-refractivity contribution is -0.0245. The molecule has 0 aliphatic heterocycles. The minimum Gasteiger partial charge on any atom is -0.378 e. The molecule has 0 atom stereocenters. The standard InChI is InChI=1S/C13H17N3OS/c1-2-17-10-6-9(7-10)8-12-14-13(16-15-12)11-4-3-5-18-11/h3-5,9-10H,2,6-8H2,1H3,(H,14,15,16). The van der Waals surface area contributed by atoms with Gasteiger partial charge in [0.1, 0.15) is 5.82 Å². The van der Waals surface area contributed by atoms with E-state index in [-0.39, 0.29) is 0 Å². The van der Waals surface area contributed by atoms with Gasteiger partial charge in [-0.25, -0.2) is 4.98 Å². The van der Waals surface area contributed by atoms with Crippen molar-refractivity contribution in [2.45, 2.75) is 32.3 Å². The predicted molar refractivity (Wildman–Crippen MR) is 71.5 cm³/mol. The summed E-state index contributed by atoms with van der Waals surface area (Å²) in [6.07, 6.45) is 3.77. The number of hydrogen-bond acceptors (Lipinski definition) is 4. The van der Waals surface area contributed by atoms with Crippen molar-refractivity contribution >= 4 is 11.3 Å². The Bertz CT molecular complexity index is 488. The van der Waals surface area contributed by atoms with E-state index < -0.39 is 0 Å². The van der Waals surface area contributed by atoms with E-state index in [0.717, 1.165) is 42.4 Å². The summed E-state index contributed by atoms with van der Waals surface area (Å²) < 4.78 is 5.57. The van der Waals surface area contributed by atoms with Crippen molar-refractivity contribution in [1.82, 2.24) is 15.2 Å². The number of nitrogens with zero attached hydrogens (tertiary/aromatic N) is 2. The summed E-state index contributed by atoms with van der Waals surface area (Å²) in [6, 6.07) is 4.07. The third-order valence-electron chi connectivity index (χ3n) is 3.35. The quantitative estimate of drug-likeness (QED) is 0.902. The van der Waals surface area contributed by atoms with Crippen LogP contribution in [-0.2, 0) is 11.2 Å². The minimum absolute atomic E-state index is 0.472. The molecule has 2 heterocycles. The molecular formula is C13H17N3OS. The highest BCUT2D eigenvalue weighted by atomic mass is 32.1. The Morgan fingerprint density at radius 2 is 2.39 bits per heavy atom. The van der Waals surface area contributed by atoms with E-state index in [4.69, 9.17) is 4.74 Å². The molecule has 4 nitrogen and oxygen atoms in total. The molecule has 0 unspecified atom stereocenters. The van der Waals surface area contributed by atoms with Gasteiger partial charge in [-0.05, 0) is 37.1 Å². The van der Waals surface area contributed by atoms with Crippen LogP contribution in [-0.4, -0.2) is 27.9 Å². The maximum atomic E-state index is 5.57. The first kappa shape index (κ1) is 11.9. The lowest BCUT2D eigenvalue weighted by atomic mass is 9.80. The second kappa shape index (κ2) is 5.20. The molecular weight excluding hydrogens is 246 g/mol. The molecule has 0 amide bonds. The Balaban J connectivity index is 1.56. The number of rotatable bonds is 5. The molecule has 0 spiro atoms. The van der Waals surface area contributed by atoms with E-state index >= 15 is 0 Å². The SMILES string of the molecule is CCOC1CC(Cc2nc(-c3cccs3)n[nH]2)C1. The Labute approximate surface area is 110 Å². The van der Waals surface area contributed by atoms with Gasteiger partial charge in [-0.2, -0.15) is 5.10 Å². The zero-order chi connectivity index (χ0) is 12.4. The van der Waals surface area contributed by atoms with Crippen LogP contribution >= 0.6 is 11.3 Å². The molecule has 1 fully saturated rings. The largest absolute Gasteiger partial charge is 0.378 e. The third kappa shape index (κ3) is 2.47. The van der Waals surface area contributed by atoms with E-state index in [0.29, 0.717) is 12.0 Å². The van der Waals surface area contributed by atoms with Crippen molar-refractivity contribution in [2.24, 2.45) is 5.92 Å². The number of H-pyrrole nitrogens is 1. The van der Waals surface area contributed by atoms with Gasteiger partial charge in [-0.1, -0.05) is 6.07 Å². The van der Waals surface area contributed by atoms with Crippen molar-refractivity contribution in [2.75, 3.05) is 6.61 Å². The molecule has 96 valence electrons. The van der Waals surface area contributed by atoms with Crippen molar-refractivity contribution in [3.05, 3.63) is 23.3 Å². The van der Waals surface area contributed by atoms with E-state index in [9.17, 15) is 0 Å². The summed E-state index contributed by atoms with van der Waals surface area (Å²) in [5, 5.41) is 9.36. The van der Waals surface area contributed by atoms with Gasteiger partial charge < -0.3 is 4.74 Å². The average molecular weight is 263 g/mol. The highest BCUT2D eigenvalue weighted by Gasteiger charge is 2.30. The van der Waals surface area contributed by atoms with Crippen LogP contribution in [0, 0.1) is 5.92 Å². The normalized spacial score (nSPS) is 22.9. The molecule has 2 aromatic heterocycles. The van der Waals surface area contributed by atoms with E-state index in [1.54, 1.807) is 11.3 Å². The third-order valence-corrected chi connectivity index (χ3v) is 4.22. The lowest BCUT2D eigenvalue weighted by Crippen LogP contribution is -2.32. The number of aromatic nitrogens is 3. The number of ether oxygens (including phenoxy) is 1. The molecule has 2 aromatic rings. The molecule has 0 aromatic carbocycles. The highest BCUT2D eigenvalue weighted by molar-refractivity contribution is 7.13. The second-order valence-corrected chi connectivity index (χ2v) is 5.65. The van der Waals surface area contributed by atoms with Gasteiger partial charge in [0.05, 0.1) is 11.0 Å². The van der Waals surface area contributed by atoms with Crippen LogP contribution in [0.25, 0.3) is 10.7 Å². The first-order valence-electron chi connectivity index (χ1n) is 6.42. The summed E-state index contributed by atoms with van der Waals surface area (Å²) in [5.74, 6) is 2.52. The molecule has 3 rings (SSSR count). The van der Waals surface area contributed by atoms with E-state index in [1.807, 2.05) is 17.5 Å². The maximum absolute atomic E-state index is 5.57. The zero-order valence-corrected chi connectivity index (χ0v) is 11.2. The van der Waals surface area contributed by atoms with Crippen LogP contribution < -0.4 is 0 Å². The molecule has 1 saturated carbocycles. The predicted octanol–water partition coefficient (Wildman–Crippen LogP) is 2.89. The van der Waals surface area contributed by atoms with Crippen molar-refractivity contribution in [3.63, 3.8) is 0 Å². The number of aromatic amines is 1. The van der Waals surface area contributed by atoms with Crippen LogP contribution in [0.2, 0.25) is 0 Å². The summed E-state index contributed by atoms with van der Waals surface area (Å²) in [4.78, 5) is 5.67. The van der Waals surface area contributed by atoms with Gasteiger partial charge in [0.2, 0.25) is 0 Å². The first-order valence-corrected chi connectivity index (χ1v) is 7.30. The molecule has 0 radical (unpaired) electrons. The van der Waals surface area contributed by atoms with Crippen LogP contribution in [0.5, 0.6) is 0 Å². The maximum Gasteiger partial charge on any atom is 0.191 e. The summed E-state index contributed by atoms with van der Waals surface area (Å²) >= 11 is 1.67. The smallest absolute Gasteiger partial charge is 0.191 e. The molecule has 0 bridgehead atoms. The topological polar surface area (TPSA) is 50.8 Å². The van der Waals surface area contributed by atoms with E-state index in [2.05, 4.69) is 22.1 Å². The minimum atomic E-state index is 0.472. The summed E-state index contributed by atoms with van der Waals surface area (Å²) in [5.41, 5.74) is 0. The zero-order valence-electron chi connectivity index (χ0n) is 10.4. The fourth-order valence-electron chi connectivity index (χ4n) is 2.39. The Kier molecular flexibility index (Phi) is 3.43. The van der Waals surface area contributed by atoms with Gasteiger partial charge in [-0.15, -0.1) is 11.3 Å². The van der Waals surface area contributed by atoms with Crippen LogP contribution in [0.4, 0.5) is 0 Å². The first-order chi connectivity index (χ1) is 8.85. The monoisotopic (exact) mass is 263 g/mol. The van der Waals surface area contributed by atoms with Gasteiger partial charge in [0, 0.05) is 13.0 Å². The summed E-state index contributed by atoms with van der Waals surface area (Å²) in [7, 11) is 0. The second-order valence-electron chi connectivity index (χ2n) is 4.70.